The zero-order valence-corrected chi connectivity index (χ0v) is 12.3. The highest BCUT2D eigenvalue weighted by Crippen LogP contribution is 2.16. The molecule has 21 heavy (non-hydrogen) atoms. The molecule has 0 radical (unpaired) electrons. The van der Waals surface area contributed by atoms with Gasteiger partial charge in [0.05, 0.1) is 17.6 Å². The van der Waals surface area contributed by atoms with Crippen molar-refractivity contribution in [2.45, 2.75) is 24.7 Å². The van der Waals surface area contributed by atoms with Crippen LogP contribution >= 0.6 is 0 Å². The maximum absolute atomic E-state index is 12.1. The van der Waals surface area contributed by atoms with Crippen LogP contribution in [0.4, 0.5) is 0 Å². The molecule has 2 aromatic heterocycles. The number of hydrogen-bond acceptors (Lipinski definition) is 6. The number of nitrogens with zero attached hydrogens (tertiary/aromatic N) is 3. The second-order valence-electron chi connectivity index (χ2n) is 5.11. The van der Waals surface area contributed by atoms with Crippen LogP contribution in [0.25, 0.3) is 0 Å². The minimum Gasteiger partial charge on any atom is -0.347 e. The molecule has 112 valence electrons. The molecule has 0 saturated heterocycles. The summed E-state index contributed by atoms with van der Waals surface area (Å²) in [5, 5.41) is -0.256. The van der Waals surface area contributed by atoms with E-state index >= 15 is 0 Å². The lowest BCUT2D eigenvalue weighted by Crippen LogP contribution is -2.36. The number of aromatic nitrogens is 4. The zero-order valence-electron chi connectivity index (χ0n) is 11.5. The van der Waals surface area contributed by atoms with Crippen molar-refractivity contribution in [3.63, 3.8) is 0 Å². The smallest absolute Gasteiger partial charge is 0.256 e. The molecule has 0 aromatic carbocycles. The van der Waals surface area contributed by atoms with Gasteiger partial charge in [0.1, 0.15) is 0 Å². The van der Waals surface area contributed by atoms with E-state index < -0.39 is 9.84 Å². The van der Waals surface area contributed by atoms with Gasteiger partial charge in [-0.3, -0.25) is 14.7 Å². The molecular formula is C12H15N5O3S. The Bertz CT molecular complexity index is 810. The van der Waals surface area contributed by atoms with E-state index in [9.17, 15) is 13.2 Å². The first-order valence-corrected chi connectivity index (χ1v) is 8.34. The highest BCUT2D eigenvalue weighted by molar-refractivity contribution is 7.90. The summed E-state index contributed by atoms with van der Waals surface area (Å²) in [7, 11) is -3.51. The van der Waals surface area contributed by atoms with Gasteiger partial charge in [-0.05, 0) is 0 Å². The number of hydrogen-bond donors (Lipinski definition) is 2. The van der Waals surface area contributed by atoms with Crippen LogP contribution in [0.5, 0.6) is 0 Å². The van der Waals surface area contributed by atoms with Gasteiger partial charge in [-0.1, -0.05) is 0 Å². The lowest BCUT2D eigenvalue weighted by Gasteiger charge is -2.26. The molecule has 3 rings (SSSR count). The summed E-state index contributed by atoms with van der Waals surface area (Å²) in [5.41, 5.74) is 1.69. The highest BCUT2D eigenvalue weighted by atomic mass is 32.2. The van der Waals surface area contributed by atoms with Crippen molar-refractivity contribution < 1.29 is 8.42 Å². The molecule has 0 amide bonds. The summed E-state index contributed by atoms with van der Waals surface area (Å²) in [5.74, 6) is 0. The molecule has 0 unspecified atom stereocenters. The van der Waals surface area contributed by atoms with Gasteiger partial charge in [0.2, 0.25) is 15.0 Å². The third-order valence-electron chi connectivity index (χ3n) is 3.43. The third kappa shape index (κ3) is 2.88. The molecule has 0 aliphatic carbocycles. The molecule has 0 saturated carbocycles. The van der Waals surface area contributed by atoms with Gasteiger partial charge in [-0.2, -0.15) is 0 Å². The van der Waals surface area contributed by atoms with E-state index in [4.69, 9.17) is 0 Å². The summed E-state index contributed by atoms with van der Waals surface area (Å²) in [6.07, 6.45) is 4.94. The Kier molecular flexibility index (Phi) is 3.38. The third-order valence-corrected chi connectivity index (χ3v) is 4.32. The first-order valence-electron chi connectivity index (χ1n) is 6.45. The average Bonchev–Trinajstić information content (AvgIpc) is 2.91. The van der Waals surface area contributed by atoms with Crippen LogP contribution in [0.1, 0.15) is 17.0 Å². The number of H-pyrrole nitrogens is 2. The zero-order chi connectivity index (χ0) is 15.0. The van der Waals surface area contributed by atoms with Crippen molar-refractivity contribution in [2.75, 3.05) is 12.8 Å². The number of rotatable bonds is 3. The number of fused-ring (bicyclic) bond motifs is 1. The molecule has 0 atom stereocenters. The number of imidazole rings is 1. The Balaban J connectivity index is 1.88. The van der Waals surface area contributed by atoms with Gasteiger partial charge < -0.3 is 4.98 Å². The minimum atomic E-state index is -3.51. The van der Waals surface area contributed by atoms with Gasteiger partial charge >= 0.3 is 0 Å². The van der Waals surface area contributed by atoms with E-state index in [1.807, 2.05) is 0 Å². The first-order chi connectivity index (χ1) is 9.93. The molecule has 1 aliphatic rings. The van der Waals surface area contributed by atoms with Gasteiger partial charge in [0.25, 0.3) is 5.56 Å². The Hall–Kier alpha value is -2.00. The van der Waals surface area contributed by atoms with E-state index in [2.05, 4.69) is 24.8 Å². The Morgan fingerprint density at radius 1 is 1.43 bits per heavy atom. The van der Waals surface area contributed by atoms with Gasteiger partial charge in [0.15, 0.2) is 0 Å². The monoisotopic (exact) mass is 309 g/mol. The molecule has 8 nitrogen and oxygen atoms in total. The van der Waals surface area contributed by atoms with Gasteiger partial charge in [-0.25, -0.2) is 18.4 Å². The van der Waals surface area contributed by atoms with Crippen LogP contribution < -0.4 is 5.56 Å². The van der Waals surface area contributed by atoms with E-state index in [0.29, 0.717) is 37.3 Å². The lowest BCUT2D eigenvalue weighted by atomic mass is 10.1. The largest absolute Gasteiger partial charge is 0.347 e. The van der Waals surface area contributed by atoms with Crippen LogP contribution in [0.15, 0.2) is 22.5 Å². The standard InChI is InChI=1S/C12H15N5O3S/c1-21(19,20)12-15-10-2-3-17(5-8-4-13-7-14-8)6-9(10)11(18)16-12/h4,7H,2-3,5-6H2,1H3,(H,13,14)(H,15,16,18). The van der Waals surface area contributed by atoms with Crippen molar-refractivity contribution in [3.8, 4) is 0 Å². The molecule has 9 heteroatoms. The number of nitrogens with one attached hydrogen (secondary N) is 2. The maximum atomic E-state index is 12.1. The van der Waals surface area contributed by atoms with Crippen LogP contribution in [-0.4, -0.2) is 46.1 Å². The summed E-state index contributed by atoms with van der Waals surface area (Å²) in [4.78, 5) is 27.6. The van der Waals surface area contributed by atoms with Crippen molar-refractivity contribution in [1.82, 2.24) is 24.8 Å². The normalized spacial score (nSPS) is 15.9. The summed E-state index contributed by atoms with van der Waals surface area (Å²) in [6.45, 7) is 1.82. The van der Waals surface area contributed by atoms with Crippen LogP contribution in [0, 0.1) is 0 Å². The van der Waals surface area contributed by atoms with Crippen LogP contribution in [0.3, 0.4) is 0 Å². The Morgan fingerprint density at radius 3 is 2.90 bits per heavy atom. The molecular weight excluding hydrogens is 294 g/mol. The van der Waals surface area contributed by atoms with E-state index in [0.717, 1.165) is 11.9 Å². The molecule has 1 aliphatic heterocycles. The van der Waals surface area contributed by atoms with E-state index in [1.54, 1.807) is 12.5 Å². The molecule has 2 aromatic rings. The predicted octanol–water partition coefficient (Wildman–Crippen LogP) is -0.545. The molecule has 0 spiro atoms. The van der Waals surface area contributed by atoms with Gasteiger partial charge in [-0.15, -0.1) is 0 Å². The molecule has 3 heterocycles. The molecule has 2 N–H and O–H groups in total. The SMILES string of the molecule is CS(=O)(=O)c1nc2c(c(=O)[nH]1)CN(Cc1cnc[nH]1)CC2. The highest BCUT2D eigenvalue weighted by Gasteiger charge is 2.23. The fourth-order valence-corrected chi connectivity index (χ4v) is 2.93. The molecule has 0 bridgehead atoms. The lowest BCUT2D eigenvalue weighted by molar-refractivity contribution is 0.238. The topological polar surface area (TPSA) is 112 Å². The predicted molar refractivity (Wildman–Crippen MR) is 74.4 cm³/mol. The number of aromatic amines is 2. The van der Waals surface area contributed by atoms with Crippen molar-refractivity contribution in [3.05, 3.63) is 39.8 Å². The van der Waals surface area contributed by atoms with Crippen molar-refractivity contribution in [2.24, 2.45) is 0 Å². The second-order valence-corrected chi connectivity index (χ2v) is 7.04. The van der Waals surface area contributed by atoms with Gasteiger partial charge in [0, 0.05) is 44.2 Å². The van der Waals surface area contributed by atoms with E-state index in [-0.39, 0.29) is 10.7 Å². The fourth-order valence-electron chi connectivity index (χ4n) is 2.38. The second kappa shape index (κ2) is 5.08. The molecule has 0 fully saturated rings. The number of sulfone groups is 1. The Morgan fingerprint density at radius 2 is 2.24 bits per heavy atom. The Labute approximate surface area is 121 Å². The summed E-state index contributed by atoms with van der Waals surface area (Å²) < 4.78 is 23.0. The summed E-state index contributed by atoms with van der Waals surface area (Å²) in [6, 6.07) is 0. The maximum Gasteiger partial charge on any atom is 0.256 e. The first kappa shape index (κ1) is 14.0. The minimum absolute atomic E-state index is 0.256. The van der Waals surface area contributed by atoms with Crippen molar-refractivity contribution >= 4 is 9.84 Å². The quantitative estimate of drug-likeness (QED) is 0.736. The van der Waals surface area contributed by atoms with Crippen LogP contribution in [-0.2, 0) is 29.3 Å². The van der Waals surface area contributed by atoms with Crippen LogP contribution in [0.2, 0.25) is 0 Å². The van der Waals surface area contributed by atoms with E-state index in [1.165, 1.54) is 0 Å². The average molecular weight is 309 g/mol. The van der Waals surface area contributed by atoms with Crippen molar-refractivity contribution in [1.29, 1.82) is 0 Å². The fraction of sp³-hybridized carbons (Fsp3) is 0.417. The summed E-state index contributed by atoms with van der Waals surface area (Å²) >= 11 is 0.